The van der Waals surface area contributed by atoms with Gasteiger partial charge in [0.25, 0.3) is 0 Å². The number of aryl methyl sites for hydroxylation is 1. The van der Waals surface area contributed by atoms with Crippen LogP contribution in [0.25, 0.3) is 11.0 Å². The molecule has 2 aromatic carbocycles. The van der Waals surface area contributed by atoms with Gasteiger partial charge in [-0.3, -0.25) is 0 Å². The summed E-state index contributed by atoms with van der Waals surface area (Å²) in [4.78, 5) is 14.5. The van der Waals surface area contributed by atoms with Gasteiger partial charge in [-0.05, 0) is 50.5 Å². The summed E-state index contributed by atoms with van der Waals surface area (Å²) in [5, 5.41) is 9.76. The molecular formula is C24H26ClN3OY-2. The van der Waals surface area contributed by atoms with Crippen LogP contribution >= 0.6 is 11.6 Å². The van der Waals surface area contributed by atoms with E-state index in [-0.39, 0.29) is 38.5 Å². The van der Waals surface area contributed by atoms with Gasteiger partial charge in [0, 0.05) is 38.8 Å². The van der Waals surface area contributed by atoms with Crippen molar-refractivity contribution in [3.05, 3.63) is 71.9 Å². The summed E-state index contributed by atoms with van der Waals surface area (Å²) < 4.78 is 2.18. The molecule has 1 radical (unpaired) electrons. The van der Waals surface area contributed by atoms with Crippen LogP contribution < -0.4 is 0 Å². The Labute approximate surface area is 209 Å². The molecule has 1 fully saturated rings. The van der Waals surface area contributed by atoms with E-state index in [1.165, 1.54) is 19.3 Å². The average molecular weight is 497 g/mol. The van der Waals surface area contributed by atoms with Crippen molar-refractivity contribution in [2.24, 2.45) is 0 Å². The van der Waals surface area contributed by atoms with E-state index in [0.717, 1.165) is 23.3 Å². The number of imidazole rings is 1. The third kappa shape index (κ3) is 7.23. The van der Waals surface area contributed by atoms with Crippen molar-refractivity contribution in [1.82, 2.24) is 9.55 Å². The number of nitrogens with zero attached hydrogens (tertiary/aromatic N) is 3. The molecule has 4 nitrogen and oxygen atoms in total. The largest absolute Gasteiger partial charge is 0.339 e. The second-order valence-electron chi connectivity index (χ2n) is 6.88. The number of benzene rings is 2. The summed E-state index contributed by atoms with van der Waals surface area (Å²) in [5.74, 6) is 1.01. The molecule has 0 bridgehead atoms. The molecule has 1 aliphatic carbocycles. The summed E-state index contributed by atoms with van der Waals surface area (Å²) in [6.45, 7) is 7.14. The average Bonchev–Trinajstić information content (AvgIpc) is 2.99. The molecule has 0 atom stereocenters. The van der Waals surface area contributed by atoms with Gasteiger partial charge in [0.15, 0.2) is 0 Å². The number of ketones is 1. The third-order valence-corrected chi connectivity index (χ3v) is 4.98. The maximum Gasteiger partial charge on any atom is 0.107 e. The van der Waals surface area contributed by atoms with Crippen LogP contribution in [0.5, 0.6) is 0 Å². The Balaban J connectivity index is 0.000000288. The molecule has 1 heterocycles. The van der Waals surface area contributed by atoms with E-state index in [9.17, 15) is 10.1 Å². The zero-order chi connectivity index (χ0) is 21.2. The smallest absolute Gasteiger partial charge is 0.107 e. The number of hydrogen-bond acceptors (Lipinski definition) is 3. The summed E-state index contributed by atoms with van der Waals surface area (Å²) >= 11 is 6.09. The number of hydrogen-bond donors (Lipinski definition) is 0. The molecule has 155 valence electrons. The molecule has 0 N–H and O–H groups in total. The van der Waals surface area contributed by atoms with E-state index in [1.54, 1.807) is 6.07 Å². The van der Waals surface area contributed by atoms with Gasteiger partial charge in [0.2, 0.25) is 0 Å². The first-order chi connectivity index (χ1) is 14.0. The molecule has 4 rings (SSSR count). The van der Waals surface area contributed by atoms with Crippen molar-refractivity contribution in [2.75, 3.05) is 0 Å². The molecule has 0 unspecified atom stereocenters. The second kappa shape index (κ2) is 13.6. The number of carbonyl (C=O) groups excluding carboxylic acids is 1. The van der Waals surface area contributed by atoms with Crippen molar-refractivity contribution in [3.63, 3.8) is 0 Å². The molecule has 30 heavy (non-hydrogen) atoms. The Hall–Kier alpha value is -1.67. The Morgan fingerprint density at radius 3 is 2.37 bits per heavy atom. The predicted molar refractivity (Wildman–Crippen MR) is 118 cm³/mol. The molecule has 1 aromatic heterocycles. The van der Waals surface area contributed by atoms with Crippen LogP contribution in [0.4, 0.5) is 0 Å². The topological polar surface area (TPSA) is 58.7 Å². The molecule has 0 spiro atoms. The molecule has 0 saturated heterocycles. The van der Waals surface area contributed by atoms with E-state index in [0.29, 0.717) is 23.0 Å². The predicted octanol–water partition coefficient (Wildman–Crippen LogP) is 6.27. The fourth-order valence-electron chi connectivity index (χ4n) is 3.10. The number of halogens is 1. The minimum atomic E-state index is 0. The van der Waals surface area contributed by atoms with Gasteiger partial charge in [0.05, 0.1) is 21.6 Å². The Morgan fingerprint density at radius 1 is 1.33 bits per heavy atom. The molecule has 0 amide bonds. The number of carbonyl (C=O) groups is 1. The van der Waals surface area contributed by atoms with Gasteiger partial charge < -0.3 is 16.3 Å². The van der Waals surface area contributed by atoms with Crippen molar-refractivity contribution >= 4 is 28.4 Å². The molecule has 1 aliphatic rings. The fourth-order valence-corrected chi connectivity index (χ4v) is 3.29. The van der Waals surface area contributed by atoms with Gasteiger partial charge in [-0.2, -0.15) is 41.7 Å². The van der Waals surface area contributed by atoms with Crippen molar-refractivity contribution in [2.45, 2.75) is 52.0 Å². The molecule has 0 aliphatic heterocycles. The Morgan fingerprint density at radius 2 is 2.00 bits per heavy atom. The minimum Gasteiger partial charge on any atom is -0.339 e. The van der Waals surface area contributed by atoms with E-state index in [4.69, 9.17) is 11.6 Å². The summed E-state index contributed by atoms with van der Waals surface area (Å²) in [5.41, 5.74) is 2.33. The van der Waals surface area contributed by atoms with Gasteiger partial charge >= 0.3 is 0 Å². The molecule has 6 heteroatoms. The van der Waals surface area contributed by atoms with Crippen LogP contribution in [0.2, 0.25) is 5.02 Å². The van der Waals surface area contributed by atoms with E-state index in [2.05, 4.69) is 28.6 Å². The van der Waals surface area contributed by atoms with Gasteiger partial charge in [0.1, 0.15) is 11.9 Å². The van der Waals surface area contributed by atoms with Crippen LogP contribution in [0.3, 0.4) is 0 Å². The SMILES string of the molecule is Cc1nc2ccc(Cl)c(C#N)c2n1C1CCC1.[CH2-]C(=O)CCC.[Y].[c-]1ccccc1. The van der Waals surface area contributed by atoms with E-state index < -0.39 is 0 Å². The fraction of sp³-hybridized carbons (Fsp3) is 0.333. The van der Waals surface area contributed by atoms with E-state index in [1.807, 2.05) is 50.2 Å². The minimum absolute atomic E-state index is 0. The second-order valence-corrected chi connectivity index (χ2v) is 7.29. The monoisotopic (exact) mass is 496 g/mol. The van der Waals surface area contributed by atoms with Crippen LogP contribution in [0.15, 0.2) is 42.5 Å². The molecular weight excluding hydrogens is 471 g/mol. The number of nitriles is 1. The molecule has 1 saturated carbocycles. The van der Waals surface area contributed by atoms with Crippen molar-refractivity contribution in [3.8, 4) is 6.07 Å². The third-order valence-electron chi connectivity index (χ3n) is 4.67. The summed E-state index contributed by atoms with van der Waals surface area (Å²) in [6.07, 6.45) is 5.14. The quantitative estimate of drug-likeness (QED) is 0.402. The Kier molecular flexibility index (Phi) is 12.0. The number of aromatic nitrogens is 2. The van der Waals surface area contributed by atoms with Crippen LogP contribution in [0, 0.1) is 31.2 Å². The van der Waals surface area contributed by atoms with Crippen LogP contribution in [-0.4, -0.2) is 15.3 Å². The first-order valence-corrected chi connectivity index (χ1v) is 10.2. The number of fused-ring (bicyclic) bond motifs is 1. The van der Waals surface area contributed by atoms with Gasteiger partial charge in [-0.1, -0.05) is 24.9 Å². The first kappa shape index (κ1) is 26.4. The normalized spacial score (nSPS) is 12.2. The summed E-state index contributed by atoms with van der Waals surface area (Å²) in [7, 11) is 0. The van der Waals surface area contributed by atoms with Crippen LogP contribution in [0.1, 0.15) is 56.5 Å². The molecule has 3 aromatic rings. The number of rotatable bonds is 3. The standard InChI is InChI=1S/C13H12ClN3.C6H5.C5H9O.Y/c1-8-16-12-6-5-11(14)10(7-15)13(12)17(8)9-3-2-4-9;1-2-4-6-5-3-1;1-3-4-5(2)6;/h5-6,9H,2-4H2,1H3;1-5H;2-4H2,1H3;/q;2*-1;. The number of Topliss-reactive ketones (excluding diaryl/α,β-unsaturated/α-hetero) is 1. The maximum absolute atomic E-state index is 9.93. The Bertz CT molecular complexity index is 949. The van der Waals surface area contributed by atoms with E-state index >= 15 is 0 Å². The zero-order valence-corrected chi connectivity index (χ0v) is 21.2. The van der Waals surface area contributed by atoms with Crippen molar-refractivity contribution in [1.29, 1.82) is 5.26 Å². The van der Waals surface area contributed by atoms with Gasteiger partial charge in [-0.15, -0.1) is 0 Å². The van der Waals surface area contributed by atoms with Gasteiger partial charge in [-0.25, -0.2) is 4.98 Å². The summed E-state index contributed by atoms with van der Waals surface area (Å²) in [6, 6.07) is 18.8. The maximum atomic E-state index is 9.93. The zero-order valence-electron chi connectivity index (χ0n) is 17.6. The first-order valence-electron chi connectivity index (χ1n) is 9.82. The van der Waals surface area contributed by atoms with Crippen molar-refractivity contribution < 1.29 is 37.5 Å². The van der Waals surface area contributed by atoms with Crippen LogP contribution in [-0.2, 0) is 37.5 Å².